The van der Waals surface area contributed by atoms with Crippen LogP contribution in [0.25, 0.3) is 0 Å². The molecule has 0 saturated heterocycles. The van der Waals surface area contributed by atoms with Crippen LogP contribution in [0.4, 0.5) is 13.2 Å². The van der Waals surface area contributed by atoms with Crippen LogP contribution >= 0.6 is 11.8 Å². The minimum atomic E-state index is -4.71. The van der Waals surface area contributed by atoms with Crippen LogP contribution in [-0.2, 0) is 0 Å². The highest BCUT2D eigenvalue weighted by Gasteiger charge is 2.31. The Bertz CT molecular complexity index is 355. The third-order valence-electron chi connectivity index (χ3n) is 1.96. The molecule has 2 nitrogen and oxygen atoms in total. The number of halogens is 3. The molecule has 1 N–H and O–H groups in total. The summed E-state index contributed by atoms with van der Waals surface area (Å²) >= 11 is 1.52. The molecule has 1 aromatic carbocycles. The van der Waals surface area contributed by atoms with Crippen LogP contribution in [0.2, 0.25) is 0 Å². The topological polar surface area (TPSA) is 29.5 Å². The second-order valence-electron chi connectivity index (χ2n) is 3.30. The van der Waals surface area contributed by atoms with Gasteiger partial charge < -0.3 is 9.84 Å². The molecular weight excluding hydrogens is 253 g/mol. The molecule has 0 radical (unpaired) electrons. The number of rotatable bonds is 5. The van der Waals surface area contributed by atoms with E-state index in [1.165, 1.54) is 30.0 Å². The Kier molecular flexibility index (Phi) is 5.14. The van der Waals surface area contributed by atoms with E-state index in [1.54, 1.807) is 6.07 Å². The lowest BCUT2D eigenvalue weighted by atomic mass is 10.1. The Hall–Kier alpha value is -0.880. The molecule has 0 aromatic heterocycles. The molecule has 0 spiro atoms. The van der Waals surface area contributed by atoms with E-state index in [4.69, 9.17) is 0 Å². The van der Waals surface area contributed by atoms with E-state index >= 15 is 0 Å². The third-order valence-corrected chi connectivity index (χ3v) is 2.92. The van der Waals surface area contributed by atoms with Crippen LogP contribution < -0.4 is 4.74 Å². The minimum Gasteiger partial charge on any atom is -0.406 e. The lowest BCUT2D eigenvalue weighted by Gasteiger charge is -2.13. The minimum absolute atomic E-state index is 0.310. The average molecular weight is 266 g/mol. The van der Waals surface area contributed by atoms with Crippen molar-refractivity contribution in [1.82, 2.24) is 0 Å². The summed E-state index contributed by atoms with van der Waals surface area (Å²) in [6, 6.07) is 5.41. The van der Waals surface area contributed by atoms with Gasteiger partial charge in [0.25, 0.3) is 0 Å². The molecule has 0 heterocycles. The number of alkyl halides is 3. The highest BCUT2D eigenvalue weighted by molar-refractivity contribution is 7.99. The molecule has 1 rings (SSSR count). The van der Waals surface area contributed by atoms with Gasteiger partial charge in [-0.05, 0) is 23.4 Å². The zero-order chi connectivity index (χ0) is 12.9. The fraction of sp³-hybridized carbons (Fsp3) is 0.455. The molecular formula is C11H13F3O2S. The second kappa shape index (κ2) is 6.16. The second-order valence-corrected chi connectivity index (χ2v) is 4.61. The van der Waals surface area contributed by atoms with Crippen LogP contribution in [0.15, 0.2) is 24.3 Å². The summed E-state index contributed by atoms with van der Waals surface area (Å²) in [7, 11) is 0. The number of hydrogen-bond acceptors (Lipinski definition) is 3. The lowest BCUT2D eigenvalue weighted by Crippen LogP contribution is -2.17. The summed E-state index contributed by atoms with van der Waals surface area (Å²) in [5.41, 5.74) is 0.424. The van der Waals surface area contributed by atoms with E-state index in [0.717, 1.165) is 5.75 Å². The Labute approximate surface area is 102 Å². The zero-order valence-electron chi connectivity index (χ0n) is 9.20. The monoisotopic (exact) mass is 266 g/mol. The van der Waals surface area contributed by atoms with E-state index in [0.29, 0.717) is 11.3 Å². The molecule has 17 heavy (non-hydrogen) atoms. The molecule has 0 aliphatic rings. The molecule has 1 unspecified atom stereocenters. The fourth-order valence-electron chi connectivity index (χ4n) is 1.24. The first-order valence-electron chi connectivity index (χ1n) is 5.04. The van der Waals surface area contributed by atoms with Crippen LogP contribution in [0.5, 0.6) is 5.75 Å². The number of aliphatic hydroxyl groups is 1. The molecule has 0 aliphatic carbocycles. The van der Waals surface area contributed by atoms with Gasteiger partial charge in [0.1, 0.15) is 5.75 Å². The van der Waals surface area contributed by atoms with E-state index in [-0.39, 0.29) is 5.75 Å². The molecule has 0 saturated carbocycles. The number of ether oxygens (including phenoxy) is 1. The molecule has 0 fully saturated rings. The van der Waals surface area contributed by atoms with Gasteiger partial charge in [-0.1, -0.05) is 19.1 Å². The van der Waals surface area contributed by atoms with E-state index in [2.05, 4.69) is 4.74 Å². The third kappa shape index (κ3) is 5.32. The maximum Gasteiger partial charge on any atom is 0.573 e. The van der Waals surface area contributed by atoms with Crippen molar-refractivity contribution in [1.29, 1.82) is 0 Å². The van der Waals surface area contributed by atoms with Crippen molar-refractivity contribution in [3.8, 4) is 5.75 Å². The molecule has 0 aliphatic heterocycles. The molecule has 6 heteroatoms. The number of benzene rings is 1. The first kappa shape index (κ1) is 14.2. The summed E-state index contributed by atoms with van der Waals surface area (Å²) in [5.74, 6) is 0.984. The summed E-state index contributed by atoms with van der Waals surface area (Å²) in [6.07, 6.45) is -5.49. The molecule has 96 valence electrons. The van der Waals surface area contributed by atoms with Crippen molar-refractivity contribution in [2.75, 3.05) is 11.5 Å². The van der Waals surface area contributed by atoms with E-state index < -0.39 is 12.5 Å². The Morgan fingerprint density at radius 3 is 2.71 bits per heavy atom. The molecule has 1 atom stereocenters. The number of aliphatic hydroxyl groups excluding tert-OH is 1. The van der Waals surface area contributed by atoms with Crippen molar-refractivity contribution < 1.29 is 23.0 Å². The average Bonchev–Trinajstić information content (AvgIpc) is 2.24. The van der Waals surface area contributed by atoms with E-state index in [1.807, 2.05) is 6.92 Å². The van der Waals surface area contributed by atoms with Gasteiger partial charge in [0, 0.05) is 5.75 Å². The van der Waals surface area contributed by atoms with Crippen LogP contribution in [0.1, 0.15) is 18.6 Å². The summed E-state index contributed by atoms with van der Waals surface area (Å²) in [4.78, 5) is 0. The zero-order valence-corrected chi connectivity index (χ0v) is 10.0. The highest BCUT2D eigenvalue weighted by atomic mass is 32.2. The van der Waals surface area contributed by atoms with Crippen LogP contribution in [0, 0.1) is 0 Å². The number of thioether (sulfide) groups is 1. The summed E-state index contributed by atoms with van der Waals surface area (Å²) in [5, 5.41) is 9.72. The Balaban J connectivity index is 2.71. The normalized spacial score (nSPS) is 13.5. The van der Waals surface area contributed by atoms with Crippen molar-refractivity contribution >= 4 is 11.8 Å². The smallest absolute Gasteiger partial charge is 0.406 e. The maximum atomic E-state index is 12.0. The number of hydrogen-bond donors (Lipinski definition) is 1. The van der Waals surface area contributed by atoms with Gasteiger partial charge in [-0.25, -0.2) is 0 Å². The van der Waals surface area contributed by atoms with Crippen molar-refractivity contribution in [2.45, 2.75) is 19.4 Å². The van der Waals surface area contributed by atoms with Gasteiger partial charge in [0.05, 0.1) is 6.10 Å². The summed E-state index contributed by atoms with van der Waals surface area (Å²) in [6.45, 7) is 1.95. The first-order chi connectivity index (χ1) is 7.92. The first-order valence-corrected chi connectivity index (χ1v) is 6.19. The van der Waals surface area contributed by atoms with Crippen molar-refractivity contribution in [2.24, 2.45) is 0 Å². The predicted octanol–water partition coefficient (Wildman–Crippen LogP) is 3.37. The summed E-state index contributed by atoms with van der Waals surface area (Å²) < 4.78 is 39.7. The maximum absolute atomic E-state index is 12.0. The van der Waals surface area contributed by atoms with E-state index in [9.17, 15) is 18.3 Å². The van der Waals surface area contributed by atoms with Crippen LogP contribution in [-0.4, -0.2) is 23.0 Å². The molecule has 0 amide bonds. The van der Waals surface area contributed by atoms with Gasteiger partial charge >= 0.3 is 6.36 Å². The molecule has 1 aromatic rings. The van der Waals surface area contributed by atoms with Crippen molar-refractivity contribution in [3.63, 3.8) is 0 Å². The van der Waals surface area contributed by atoms with Gasteiger partial charge in [0.15, 0.2) is 0 Å². The Morgan fingerprint density at radius 2 is 2.12 bits per heavy atom. The molecule has 0 bridgehead atoms. The predicted molar refractivity (Wildman–Crippen MR) is 61.1 cm³/mol. The quantitative estimate of drug-likeness (QED) is 0.886. The van der Waals surface area contributed by atoms with Gasteiger partial charge in [-0.3, -0.25) is 0 Å². The fourth-order valence-corrected chi connectivity index (χ4v) is 1.90. The van der Waals surface area contributed by atoms with Gasteiger partial charge in [-0.15, -0.1) is 13.2 Å². The largest absolute Gasteiger partial charge is 0.573 e. The standard InChI is InChI=1S/C11H13F3O2S/c1-2-17-7-10(15)8-4-3-5-9(6-8)16-11(12,13)14/h3-6,10,15H,2,7H2,1H3. The van der Waals surface area contributed by atoms with Gasteiger partial charge in [0.2, 0.25) is 0 Å². The highest BCUT2D eigenvalue weighted by Crippen LogP contribution is 2.26. The SMILES string of the molecule is CCSCC(O)c1cccc(OC(F)(F)F)c1. The lowest BCUT2D eigenvalue weighted by molar-refractivity contribution is -0.274. The Morgan fingerprint density at radius 1 is 1.41 bits per heavy atom. The van der Waals surface area contributed by atoms with Gasteiger partial charge in [-0.2, -0.15) is 11.8 Å². The van der Waals surface area contributed by atoms with Crippen LogP contribution in [0.3, 0.4) is 0 Å². The van der Waals surface area contributed by atoms with Crippen molar-refractivity contribution in [3.05, 3.63) is 29.8 Å².